The van der Waals surface area contributed by atoms with E-state index in [1.54, 1.807) is 56.3 Å². The van der Waals surface area contributed by atoms with E-state index in [0.29, 0.717) is 48.8 Å². The summed E-state index contributed by atoms with van der Waals surface area (Å²) >= 11 is 1.66. The zero-order valence-corrected chi connectivity index (χ0v) is 22.9. The molecule has 0 N–H and O–H groups in total. The number of aromatic nitrogens is 1. The zero-order chi connectivity index (χ0) is 26.8. The summed E-state index contributed by atoms with van der Waals surface area (Å²) in [6.07, 6.45) is 3.81. The maximum Gasteiger partial charge on any atom is 0.254 e. The standard InChI is InChI=1S/C29H32N4O4S/c1-31-27(19-8-10-20(38-4)11-9-19)26(21-17-23(36-2)24(37-3)18-22(21)28(31)34)29(35)33-15-13-32(14-16-33)25-7-5-6-12-30-25/h5-12,17-18,26-27H,13-16H2,1-4H3/t26-,27-/m1/s1. The first kappa shape index (κ1) is 25.9. The predicted octanol–water partition coefficient (Wildman–Crippen LogP) is 4.08. The van der Waals surface area contributed by atoms with E-state index in [4.69, 9.17) is 9.47 Å². The molecule has 1 saturated heterocycles. The van der Waals surface area contributed by atoms with Crippen LogP contribution in [-0.2, 0) is 4.79 Å². The van der Waals surface area contributed by atoms with Crippen molar-refractivity contribution < 1.29 is 19.1 Å². The number of pyridine rings is 1. The highest BCUT2D eigenvalue weighted by Gasteiger charge is 2.45. The van der Waals surface area contributed by atoms with Crippen molar-refractivity contribution >= 4 is 29.4 Å². The highest BCUT2D eigenvalue weighted by molar-refractivity contribution is 7.98. The van der Waals surface area contributed by atoms with Crippen LogP contribution in [0.1, 0.15) is 33.4 Å². The molecule has 0 radical (unpaired) electrons. The Bertz CT molecular complexity index is 1310. The van der Waals surface area contributed by atoms with Gasteiger partial charge in [-0.2, -0.15) is 0 Å². The van der Waals surface area contributed by atoms with Crippen LogP contribution in [0.3, 0.4) is 0 Å². The SMILES string of the molecule is COc1cc2c(cc1OC)[C@@H](C(=O)N1CCN(c3ccccn3)CC1)[C@@H](c1ccc(SC)cc1)N(C)C2=O. The number of benzene rings is 2. The Hall–Kier alpha value is -3.72. The van der Waals surface area contributed by atoms with Crippen LogP contribution < -0.4 is 14.4 Å². The van der Waals surface area contributed by atoms with E-state index < -0.39 is 12.0 Å². The topological polar surface area (TPSA) is 75.2 Å². The maximum atomic E-state index is 14.3. The first-order chi connectivity index (χ1) is 18.5. The average molecular weight is 533 g/mol. The van der Waals surface area contributed by atoms with Crippen LogP contribution in [0, 0.1) is 0 Å². The summed E-state index contributed by atoms with van der Waals surface area (Å²) in [5.41, 5.74) is 2.05. The largest absolute Gasteiger partial charge is 0.493 e. The molecular weight excluding hydrogens is 500 g/mol. The lowest BCUT2D eigenvalue weighted by Gasteiger charge is -2.43. The van der Waals surface area contributed by atoms with Gasteiger partial charge < -0.3 is 24.2 Å². The van der Waals surface area contributed by atoms with E-state index in [-0.39, 0.29) is 11.8 Å². The third-order valence-electron chi connectivity index (χ3n) is 7.46. The van der Waals surface area contributed by atoms with E-state index in [0.717, 1.165) is 16.3 Å². The molecule has 0 bridgehead atoms. The molecular formula is C29H32N4O4S. The van der Waals surface area contributed by atoms with Crippen molar-refractivity contribution in [1.82, 2.24) is 14.8 Å². The van der Waals surface area contributed by atoms with Crippen LogP contribution >= 0.6 is 11.8 Å². The number of nitrogens with zero attached hydrogens (tertiary/aromatic N) is 4. The first-order valence-corrected chi connectivity index (χ1v) is 13.8. The number of rotatable bonds is 6. The third kappa shape index (κ3) is 4.67. The Morgan fingerprint density at radius 2 is 1.66 bits per heavy atom. The molecule has 2 atom stereocenters. The molecule has 2 aromatic carbocycles. The van der Waals surface area contributed by atoms with Gasteiger partial charge in [0.2, 0.25) is 5.91 Å². The third-order valence-corrected chi connectivity index (χ3v) is 8.21. The normalized spacial score (nSPS) is 19.3. The Morgan fingerprint density at radius 3 is 2.26 bits per heavy atom. The molecule has 8 nitrogen and oxygen atoms in total. The van der Waals surface area contributed by atoms with Crippen LogP contribution in [0.4, 0.5) is 5.82 Å². The number of thioether (sulfide) groups is 1. The minimum Gasteiger partial charge on any atom is -0.493 e. The number of piperazine rings is 1. The molecule has 1 fully saturated rings. The number of fused-ring (bicyclic) bond motifs is 1. The first-order valence-electron chi connectivity index (χ1n) is 12.6. The van der Waals surface area contributed by atoms with E-state index in [9.17, 15) is 9.59 Å². The second kappa shape index (κ2) is 10.9. The lowest BCUT2D eigenvalue weighted by atomic mass is 9.78. The number of hydrogen-bond donors (Lipinski definition) is 0. The monoisotopic (exact) mass is 532 g/mol. The molecule has 0 aliphatic carbocycles. The number of hydrogen-bond acceptors (Lipinski definition) is 7. The second-order valence-corrected chi connectivity index (χ2v) is 10.3. The van der Waals surface area contributed by atoms with E-state index in [1.165, 1.54) is 0 Å². The van der Waals surface area contributed by atoms with Gasteiger partial charge in [0.25, 0.3) is 5.91 Å². The van der Waals surface area contributed by atoms with Crippen LogP contribution in [0.2, 0.25) is 0 Å². The number of carbonyl (C=O) groups is 2. The lowest BCUT2D eigenvalue weighted by Crippen LogP contribution is -2.53. The van der Waals surface area contributed by atoms with Gasteiger partial charge in [-0.3, -0.25) is 9.59 Å². The predicted molar refractivity (Wildman–Crippen MR) is 148 cm³/mol. The molecule has 2 aliphatic heterocycles. The summed E-state index contributed by atoms with van der Waals surface area (Å²) in [5, 5.41) is 0. The van der Waals surface area contributed by atoms with Crippen molar-refractivity contribution in [2.45, 2.75) is 16.9 Å². The Morgan fingerprint density at radius 1 is 0.974 bits per heavy atom. The number of anilines is 1. The van der Waals surface area contributed by atoms with Crippen molar-refractivity contribution in [3.05, 3.63) is 77.5 Å². The molecule has 0 unspecified atom stereocenters. The van der Waals surface area contributed by atoms with Crippen LogP contribution in [-0.4, -0.2) is 80.3 Å². The molecule has 3 aromatic rings. The van der Waals surface area contributed by atoms with E-state index in [1.807, 2.05) is 53.6 Å². The quantitative estimate of drug-likeness (QED) is 0.443. The number of likely N-dealkylation sites (N-methyl/N-ethyl adjacent to an activating group) is 1. The highest BCUT2D eigenvalue weighted by atomic mass is 32.2. The van der Waals surface area contributed by atoms with Gasteiger partial charge in [-0.25, -0.2) is 4.98 Å². The zero-order valence-electron chi connectivity index (χ0n) is 22.1. The van der Waals surface area contributed by atoms with Gasteiger partial charge >= 0.3 is 0 Å². The fourth-order valence-corrected chi connectivity index (χ4v) is 5.83. The number of methoxy groups -OCH3 is 2. The second-order valence-electron chi connectivity index (χ2n) is 9.41. The van der Waals surface area contributed by atoms with Gasteiger partial charge in [0, 0.05) is 49.9 Å². The Balaban J connectivity index is 1.54. The molecule has 0 spiro atoms. The van der Waals surface area contributed by atoms with Crippen molar-refractivity contribution in [1.29, 1.82) is 0 Å². The lowest BCUT2D eigenvalue weighted by molar-refractivity contribution is -0.134. The number of carbonyl (C=O) groups excluding carboxylic acids is 2. The molecule has 9 heteroatoms. The molecule has 198 valence electrons. The molecule has 38 heavy (non-hydrogen) atoms. The van der Waals surface area contributed by atoms with Gasteiger partial charge in [0.05, 0.1) is 26.2 Å². The Labute approximate surface area is 227 Å². The fourth-order valence-electron chi connectivity index (χ4n) is 5.43. The average Bonchev–Trinajstić information content (AvgIpc) is 2.98. The summed E-state index contributed by atoms with van der Waals surface area (Å²) in [7, 11) is 4.88. The molecule has 3 heterocycles. The van der Waals surface area contributed by atoms with E-state index >= 15 is 0 Å². The summed E-state index contributed by atoms with van der Waals surface area (Å²) in [6, 6.07) is 17.0. The van der Waals surface area contributed by atoms with Crippen molar-refractivity contribution in [2.75, 3.05) is 58.6 Å². The van der Waals surface area contributed by atoms with Gasteiger partial charge in [-0.05, 0) is 53.8 Å². The summed E-state index contributed by atoms with van der Waals surface area (Å²) in [6.45, 7) is 2.53. The summed E-state index contributed by atoms with van der Waals surface area (Å²) < 4.78 is 11.1. The number of ether oxygens (including phenoxy) is 2. The molecule has 2 amide bonds. The summed E-state index contributed by atoms with van der Waals surface area (Å²) in [4.78, 5) is 39.4. The van der Waals surface area contributed by atoms with Gasteiger partial charge in [0.15, 0.2) is 11.5 Å². The van der Waals surface area contributed by atoms with Crippen LogP contribution in [0.25, 0.3) is 0 Å². The number of amides is 2. The minimum absolute atomic E-state index is 0.00238. The van der Waals surface area contributed by atoms with Crippen LogP contribution in [0.15, 0.2) is 65.7 Å². The molecule has 1 aromatic heterocycles. The van der Waals surface area contributed by atoms with E-state index in [2.05, 4.69) is 9.88 Å². The molecule has 5 rings (SSSR count). The fraction of sp³-hybridized carbons (Fsp3) is 0.345. The molecule has 0 saturated carbocycles. The summed E-state index contributed by atoms with van der Waals surface area (Å²) in [5.74, 6) is 1.13. The van der Waals surface area contributed by atoms with Crippen LogP contribution in [0.5, 0.6) is 11.5 Å². The van der Waals surface area contributed by atoms with Gasteiger partial charge in [0.1, 0.15) is 5.82 Å². The highest BCUT2D eigenvalue weighted by Crippen LogP contribution is 2.46. The minimum atomic E-state index is -0.589. The van der Waals surface area contributed by atoms with Crippen molar-refractivity contribution in [2.24, 2.45) is 0 Å². The maximum absolute atomic E-state index is 14.3. The smallest absolute Gasteiger partial charge is 0.254 e. The van der Waals surface area contributed by atoms with Gasteiger partial charge in [-0.1, -0.05) is 18.2 Å². The van der Waals surface area contributed by atoms with Gasteiger partial charge in [-0.15, -0.1) is 11.8 Å². The molecule has 2 aliphatic rings. The van der Waals surface area contributed by atoms with Crippen molar-refractivity contribution in [3.63, 3.8) is 0 Å². The Kier molecular flexibility index (Phi) is 7.46. The van der Waals surface area contributed by atoms with Crippen molar-refractivity contribution in [3.8, 4) is 11.5 Å².